The molecule has 0 heterocycles. The van der Waals surface area contributed by atoms with Gasteiger partial charge >= 0.3 is 0 Å². The van der Waals surface area contributed by atoms with Gasteiger partial charge in [0.2, 0.25) is 5.91 Å². The van der Waals surface area contributed by atoms with Crippen LogP contribution in [0.15, 0.2) is 0 Å². The monoisotopic (exact) mass is 188 g/mol. The van der Waals surface area contributed by atoms with Crippen LogP contribution in [0.4, 0.5) is 0 Å². The molecule has 1 unspecified atom stereocenters. The van der Waals surface area contributed by atoms with Crippen molar-refractivity contribution in [3.05, 3.63) is 0 Å². The summed E-state index contributed by atoms with van der Waals surface area (Å²) >= 11 is 0. The number of nitrogens with zero attached hydrogens (tertiary/aromatic N) is 1. The van der Waals surface area contributed by atoms with Gasteiger partial charge in [0.1, 0.15) is 0 Å². The third-order valence-electron chi connectivity index (χ3n) is 1.85. The number of hydrogen-bond acceptors (Lipinski definition) is 4. The van der Waals surface area contributed by atoms with E-state index in [1.807, 2.05) is 5.43 Å². The number of nitrogens with one attached hydrogen (secondary N) is 2. The summed E-state index contributed by atoms with van der Waals surface area (Å²) in [7, 11) is 3.22. The molecule has 2 amide bonds. The minimum absolute atomic E-state index is 0.140. The fourth-order valence-electron chi connectivity index (χ4n) is 0.763. The van der Waals surface area contributed by atoms with Gasteiger partial charge in [-0.3, -0.25) is 19.9 Å². The van der Waals surface area contributed by atoms with Gasteiger partial charge in [-0.2, -0.15) is 0 Å². The van der Waals surface area contributed by atoms with Crippen molar-refractivity contribution in [1.82, 2.24) is 15.6 Å². The number of carbonyl (C=O) groups is 2. The molecule has 0 saturated carbocycles. The second-order valence-corrected chi connectivity index (χ2v) is 2.77. The standard InChI is InChI=1S/C7H16N4O2/c1-5(7(13)10-8)11(3)4-6(12)9-2/h5H,4,8H2,1-3H3,(H,9,12)(H,10,13). The Balaban J connectivity index is 4.02. The molecule has 0 bridgehead atoms. The van der Waals surface area contributed by atoms with Crippen LogP contribution in [0.2, 0.25) is 0 Å². The number of hydrazine groups is 1. The van der Waals surface area contributed by atoms with Gasteiger partial charge in [-0.15, -0.1) is 0 Å². The molecule has 0 aliphatic rings. The molecule has 0 rings (SSSR count). The van der Waals surface area contributed by atoms with Crippen LogP contribution < -0.4 is 16.6 Å². The second-order valence-electron chi connectivity index (χ2n) is 2.77. The van der Waals surface area contributed by atoms with Crippen molar-refractivity contribution in [2.45, 2.75) is 13.0 Å². The van der Waals surface area contributed by atoms with E-state index in [0.29, 0.717) is 0 Å². The quantitative estimate of drug-likeness (QED) is 0.272. The normalized spacial score (nSPS) is 12.4. The van der Waals surface area contributed by atoms with Crippen molar-refractivity contribution in [3.8, 4) is 0 Å². The minimum Gasteiger partial charge on any atom is -0.358 e. The van der Waals surface area contributed by atoms with E-state index in [1.165, 1.54) is 0 Å². The first-order valence-electron chi connectivity index (χ1n) is 3.94. The van der Waals surface area contributed by atoms with Crippen molar-refractivity contribution in [1.29, 1.82) is 0 Å². The average molecular weight is 188 g/mol. The van der Waals surface area contributed by atoms with E-state index in [-0.39, 0.29) is 18.4 Å². The molecule has 0 aromatic heterocycles. The molecule has 0 saturated heterocycles. The molecule has 0 spiro atoms. The number of hydrogen-bond donors (Lipinski definition) is 3. The van der Waals surface area contributed by atoms with Gasteiger partial charge in [0.05, 0.1) is 12.6 Å². The molecule has 4 N–H and O–H groups in total. The Morgan fingerprint density at radius 2 is 2.08 bits per heavy atom. The summed E-state index contributed by atoms with van der Waals surface area (Å²) in [5.41, 5.74) is 2.02. The molecule has 6 heteroatoms. The van der Waals surface area contributed by atoms with E-state index in [9.17, 15) is 9.59 Å². The first kappa shape index (κ1) is 11.9. The molecular weight excluding hydrogens is 172 g/mol. The average Bonchev–Trinajstić information content (AvgIpc) is 2.14. The fourth-order valence-corrected chi connectivity index (χ4v) is 0.763. The maximum absolute atomic E-state index is 11.0. The summed E-state index contributed by atoms with van der Waals surface area (Å²) in [5.74, 6) is 4.49. The molecule has 6 nitrogen and oxygen atoms in total. The maximum Gasteiger partial charge on any atom is 0.250 e. The molecule has 0 aromatic carbocycles. The number of likely N-dealkylation sites (N-methyl/N-ethyl adjacent to an activating group) is 2. The molecule has 0 aromatic rings. The Hall–Kier alpha value is -1.14. The Morgan fingerprint density at radius 3 is 2.46 bits per heavy atom. The first-order chi connectivity index (χ1) is 6.02. The lowest BCUT2D eigenvalue weighted by atomic mass is 10.3. The number of rotatable bonds is 4. The second kappa shape index (κ2) is 5.50. The van der Waals surface area contributed by atoms with Crippen LogP contribution in [-0.2, 0) is 9.59 Å². The lowest BCUT2D eigenvalue weighted by Crippen LogP contribution is -2.48. The van der Waals surface area contributed by atoms with E-state index in [2.05, 4.69) is 5.32 Å². The smallest absolute Gasteiger partial charge is 0.250 e. The van der Waals surface area contributed by atoms with Crippen LogP contribution in [0, 0.1) is 0 Å². The zero-order chi connectivity index (χ0) is 10.4. The largest absolute Gasteiger partial charge is 0.358 e. The van der Waals surface area contributed by atoms with E-state index >= 15 is 0 Å². The van der Waals surface area contributed by atoms with Crippen molar-refractivity contribution in [2.24, 2.45) is 5.84 Å². The van der Waals surface area contributed by atoms with E-state index in [4.69, 9.17) is 5.84 Å². The van der Waals surface area contributed by atoms with Gasteiger partial charge in [0.15, 0.2) is 0 Å². The highest BCUT2D eigenvalue weighted by Crippen LogP contribution is 1.93. The first-order valence-corrected chi connectivity index (χ1v) is 3.94. The Morgan fingerprint density at radius 1 is 1.54 bits per heavy atom. The van der Waals surface area contributed by atoms with Crippen molar-refractivity contribution < 1.29 is 9.59 Å². The summed E-state index contributed by atoms with van der Waals surface area (Å²) in [4.78, 5) is 23.5. The predicted molar refractivity (Wildman–Crippen MR) is 48.5 cm³/mol. The number of amides is 2. The highest BCUT2D eigenvalue weighted by molar-refractivity contribution is 5.82. The lowest BCUT2D eigenvalue weighted by Gasteiger charge is -2.21. The molecule has 13 heavy (non-hydrogen) atoms. The van der Waals surface area contributed by atoms with Crippen LogP contribution in [0.3, 0.4) is 0 Å². The number of carbonyl (C=O) groups excluding carboxylic acids is 2. The molecule has 0 fully saturated rings. The third-order valence-corrected chi connectivity index (χ3v) is 1.85. The van der Waals surface area contributed by atoms with Crippen molar-refractivity contribution in [2.75, 3.05) is 20.6 Å². The SMILES string of the molecule is CNC(=O)CN(C)C(C)C(=O)NN. The summed E-state index contributed by atoms with van der Waals surface area (Å²) in [6, 6.07) is -0.415. The minimum atomic E-state index is -0.415. The van der Waals surface area contributed by atoms with Crippen LogP contribution in [0.5, 0.6) is 0 Å². The zero-order valence-electron chi connectivity index (χ0n) is 8.13. The van der Waals surface area contributed by atoms with Gasteiger partial charge < -0.3 is 5.32 Å². The van der Waals surface area contributed by atoms with Crippen LogP contribution in [0.25, 0.3) is 0 Å². The Bertz CT molecular complexity index is 195. The molecule has 1 atom stereocenters. The van der Waals surface area contributed by atoms with Gasteiger partial charge in [-0.25, -0.2) is 5.84 Å². The van der Waals surface area contributed by atoms with Gasteiger partial charge in [-0.1, -0.05) is 0 Å². The van der Waals surface area contributed by atoms with Crippen molar-refractivity contribution >= 4 is 11.8 Å². The summed E-state index contributed by atoms with van der Waals surface area (Å²) in [6.45, 7) is 1.84. The summed E-state index contributed by atoms with van der Waals surface area (Å²) in [5, 5.41) is 2.46. The van der Waals surface area contributed by atoms with E-state index < -0.39 is 6.04 Å². The summed E-state index contributed by atoms with van der Waals surface area (Å²) < 4.78 is 0. The Kier molecular flexibility index (Phi) is 5.01. The molecular formula is C7H16N4O2. The van der Waals surface area contributed by atoms with Gasteiger partial charge in [0.25, 0.3) is 5.91 Å². The van der Waals surface area contributed by atoms with Gasteiger partial charge in [-0.05, 0) is 14.0 Å². The van der Waals surface area contributed by atoms with E-state index in [1.54, 1.807) is 25.9 Å². The molecule has 0 radical (unpaired) electrons. The highest BCUT2D eigenvalue weighted by Gasteiger charge is 2.18. The van der Waals surface area contributed by atoms with Crippen LogP contribution >= 0.6 is 0 Å². The maximum atomic E-state index is 11.0. The van der Waals surface area contributed by atoms with E-state index in [0.717, 1.165) is 0 Å². The zero-order valence-corrected chi connectivity index (χ0v) is 8.13. The number of nitrogens with two attached hydrogens (primary N) is 1. The van der Waals surface area contributed by atoms with Crippen molar-refractivity contribution in [3.63, 3.8) is 0 Å². The third kappa shape index (κ3) is 3.86. The highest BCUT2D eigenvalue weighted by atomic mass is 16.2. The van der Waals surface area contributed by atoms with Crippen LogP contribution in [0.1, 0.15) is 6.92 Å². The molecule has 0 aliphatic heterocycles. The van der Waals surface area contributed by atoms with Crippen LogP contribution in [-0.4, -0.2) is 43.4 Å². The summed E-state index contributed by atoms with van der Waals surface area (Å²) in [6.07, 6.45) is 0. The fraction of sp³-hybridized carbons (Fsp3) is 0.714. The Labute approximate surface area is 77.4 Å². The molecule has 76 valence electrons. The topological polar surface area (TPSA) is 87.5 Å². The van der Waals surface area contributed by atoms with Gasteiger partial charge in [0, 0.05) is 7.05 Å². The lowest BCUT2D eigenvalue weighted by molar-refractivity contribution is -0.127. The predicted octanol–water partition coefficient (Wildman–Crippen LogP) is -1.96. The molecule has 0 aliphatic carbocycles.